The number of carbonyl (C=O) groups excluding carboxylic acids is 2. The molecule has 0 aliphatic carbocycles. The van der Waals surface area contributed by atoms with Crippen LogP contribution in [0.4, 0.5) is 11.4 Å². The molecule has 2 aromatic rings. The van der Waals surface area contributed by atoms with Crippen LogP contribution in [0.3, 0.4) is 0 Å². The van der Waals surface area contributed by atoms with Gasteiger partial charge in [0.25, 0.3) is 0 Å². The molecule has 1 fully saturated rings. The van der Waals surface area contributed by atoms with E-state index in [1.165, 1.54) is 0 Å². The van der Waals surface area contributed by atoms with E-state index >= 15 is 0 Å². The van der Waals surface area contributed by atoms with Crippen molar-refractivity contribution in [2.24, 2.45) is 0 Å². The Bertz CT molecular complexity index is 870. The number of piperidine rings is 1. The van der Waals surface area contributed by atoms with Crippen molar-refractivity contribution in [3.8, 4) is 5.75 Å². The normalized spacial score (nSPS) is 14.6. The lowest BCUT2D eigenvalue weighted by molar-refractivity contribution is -0.122. The summed E-state index contributed by atoms with van der Waals surface area (Å²) in [5.41, 5.74) is 1.57. The van der Waals surface area contributed by atoms with Gasteiger partial charge in [-0.1, -0.05) is 29.8 Å². The van der Waals surface area contributed by atoms with Gasteiger partial charge in [-0.3, -0.25) is 14.5 Å². The van der Waals surface area contributed by atoms with E-state index in [4.69, 9.17) is 16.3 Å². The summed E-state index contributed by atoms with van der Waals surface area (Å²) in [6.45, 7) is 2.41. The molecule has 31 heavy (non-hydrogen) atoms. The molecule has 0 radical (unpaired) electrons. The fourth-order valence-electron chi connectivity index (χ4n) is 3.59. The highest BCUT2D eigenvalue weighted by atomic mass is 35.5. The Morgan fingerprint density at radius 3 is 2.55 bits per heavy atom. The van der Waals surface area contributed by atoms with E-state index in [-0.39, 0.29) is 17.9 Å². The average molecular weight is 445 g/mol. The Morgan fingerprint density at radius 1 is 1.10 bits per heavy atom. The van der Waals surface area contributed by atoms with Crippen LogP contribution in [0.2, 0.25) is 5.02 Å². The predicted molar refractivity (Wildman–Crippen MR) is 124 cm³/mol. The van der Waals surface area contributed by atoms with Crippen LogP contribution >= 0.6 is 11.6 Å². The van der Waals surface area contributed by atoms with Crippen molar-refractivity contribution in [3.05, 3.63) is 53.6 Å². The number of likely N-dealkylation sites (tertiary alicyclic amines) is 1. The number of carbonyl (C=O) groups is 2. The highest BCUT2D eigenvalue weighted by Crippen LogP contribution is 2.27. The first-order chi connectivity index (χ1) is 15.0. The van der Waals surface area contributed by atoms with Gasteiger partial charge in [-0.05, 0) is 43.2 Å². The third-order valence-corrected chi connectivity index (χ3v) is 5.44. The van der Waals surface area contributed by atoms with Crippen molar-refractivity contribution in [1.82, 2.24) is 10.2 Å². The lowest BCUT2D eigenvalue weighted by atomic mass is 10.0. The molecule has 0 unspecified atom stereocenters. The highest BCUT2D eigenvalue weighted by molar-refractivity contribution is 6.30. The summed E-state index contributed by atoms with van der Waals surface area (Å²) >= 11 is 6.02. The lowest BCUT2D eigenvalue weighted by Crippen LogP contribution is -2.46. The predicted octanol–water partition coefficient (Wildman–Crippen LogP) is 3.37. The molecule has 0 bridgehead atoms. The number of rotatable bonds is 9. The van der Waals surface area contributed by atoms with Crippen molar-refractivity contribution in [3.63, 3.8) is 0 Å². The van der Waals surface area contributed by atoms with Crippen LogP contribution in [-0.2, 0) is 9.59 Å². The summed E-state index contributed by atoms with van der Waals surface area (Å²) in [5.74, 6) is 0.679. The van der Waals surface area contributed by atoms with Crippen LogP contribution in [0.25, 0.3) is 0 Å². The Labute approximate surface area is 188 Å². The number of amides is 2. The van der Waals surface area contributed by atoms with Crippen LogP contribution in [-0.4, -0.2) is 56.0 Å². The molecule has 7 nitrogen and oxygen atoms in total. The van der Waals surface area contributed by atoms with E-state index in [2.05, 4.69) is 20.9 Å². The molecule has 0 aromatic heterocycles. The number of nitrogens with one attached hydrogen (secondary N) is 3. The van der Waals surface area contributed by atoms with E-state index in [9.17, 15) is 9.59 Å². The third kappa shape index (κ3) is 7.45. The molecule has 0 atom stereocenters. The number of para-hydroxylation sites is 1. The average Bonchev–Trinajstić information content (AvgIpc) is 2.76. The highest BCUT2D eigenvalue weighted by Gasteiger charge is 2.22. The number of benzene rings is 2. The molecular formula is C23H29ClN4O3. The third-order valence-electron chi connectivity index (χ3n) is 5.21. The number of nitrogens with zero attached hydrogens (tertiary/aromatic N) is 1. The Morgan fingerprint density at radius 2 is 1.84 bits per heavy atom. The zero-order valence-corrected chi connectivity index (χ0v) is 18.5. The van der Waals surface area contributed by atoms with Gasteiger partial charge in [-0.25, -0.2) is 0 Å². The maximum absolute atomic E-state index is 12.3. The van der Waals surface area contributed by atoms with Gasteiger partial charge in [0, 0.05) is 42.8 Å². The Kier molecular flexibility index (Phi) is 8.55. The molecule has 1 aliphatic rings. The van der Waals surface area contributed by atoms with Gasteiger partial charge in [-0.2, -0.15) is 0 Å². The van der Waals surface area contributed by atoms with Crippen molar-refractivity contribution in [1.29, 1.82) is 0 Å². The molecule has 2 aromatic carbocycles. The smallest absolute Gasteiger partial charge is 0.238 e. The minimum absolute atomic E-state index is 0.00812. The van der Waals surface area contributed by atoms with Crippen LogP contribution in [0.15, 0.2) is 48.5 Å². The van der Waals surface area contributed by atoms with Crippen molar-refractivity contribution in [2.45, 2.75) is 25.3 Å². The maximum Gasteiger partial charge on any atom is 0.238 e. The van der Waals surface area contributed by atoms with Crippen molar-refractivity contribution < 1.29 is 14.3 Å². The SMILES string of the molecule is COc1ccc(Cl)cc1NCCC(=O)NC1CCN(CC(=O)Nc2ccccc2)CC1. The second-order valence-corrected chi connectivity index (χ2v) is 7.99. The van der Waals surface area contributed by atoms with Crippen LogP contribution < -0.4 is 20.7 Å². The van der Waals surface area contributed by atoms with Crippen LogP contribution in [0.5, 0.6) is 5.75 Å². The van der Waals surface area contributed by atoms with Gasteiger partial charge >= 0.3 is 0 Å². The van der Waals surface area contributed by atoms with Crippen molar-refractivity contribution in [2.75, 3.05) is 43.9 Å². The van der Waals surface area contributed by atoms with Gasteiger partial charge in [0.2, 0.25) is 11.8 Å². The fourth-order valence-corrected chi connectivity index (χ4v) is 3.76. The van der Waals surface area contributed by atoms with Gasteiger partial charge < -0.3 is 20.7 Å². The standard InChI is InChI=1S/C23H29ClN4O3/c1-31-21-8-7-17(24)15-20(21)25-12-9-22(29)26-19-10-13-28(14-11-19)16-23(30)27-18-5-3-2-4-6-18/h2-8,15,19,25H,9-14,16H2,1H3,(H,26,29)(H,27,30). The molecule has 0 saturated carbocycles. The van der Waals surface area contributed by atoms with E-state index in [0.29, 0.717) is 30.3 Å². The summed E-state index contributed by atoms with van der Waals surface area (Å²) in [4.78, 5) is 26.6. The van der Waals surface area contributed by atoms with E-state index in [1.54, 1.807) is 25.3 Å². The molecule has 3 N–H and O–H groups in total. The van der Waals surface area contributed by atoms with Gasteiger partial charge in [-0.15, -0.1) is 0 Å². The minimum atomic E-state index is -0.0174. The second-order valence-electron chi connectivity index (χ2n) is 7.55. The fraction of sp³-hybridized carbons (Fsp3) is 0.391. The summed E-state index contributed by atoms with van der Waals surface area (Å²) in [5, 5.41) is 9.81. The van der Waals surface area contributed by atoms with Gasteiger partial charge in [0.05, 0.1) is 19.3 Å². The van der Waals surface area contributed by atoms with Crippen LogP contribution in [0.1, 0.15) is 19.3 Å². The monoisotopic (exact) mass is 444 g/mol. The largest absolute Gasteiger partial charge is 0.495 e. The summed E-state index contributed by atoms with van der Waals surface area (Å²) in [7, 11) is 1.60. The summed E-state index contributed by atoms with van der Waals surface area (Å²) in [6, 6.07) is 14.9. The van der Waals surface area contributed by atoms with Crippen molar-refractivity contribution >= 4 is 34.8 Å². The zero-order valence-electron chi connectivity index (χ0n) is 17.7. The minimum Gasteiger partial charge on any atom is -0.495 e. The topological polar surface area (TPSA) is 82.7 Å². The van der Waals surface area contributed by atoms with E-state index in [1.807, 2.05) is 30.3 Å². The molecular weight excluding hydrogens is 416 g/mol. The molecule has 1 aliphatic heterocycles. The summed E-state index contributed by atoms with van der Waals surface area (Å²) in [6.07, 6.45) is 2.02. The van der Waals surface area contributed by atoms with Gasteiger partial charge in [0.15, 0.2) is 0 Å². The Balaban J connectivity index is 1.33. The lowest BCUT2D eigenvalue weighted by Gasteiger charge is -2.31. The van der Waals surface area contributed by atoms with Crippen LogP contribution in [0, 0.1) is 0 Å². The molecule has 1 heterocycles. The molecule has 2 amide bonds. The first-order valence-corrected chi connectivity index (χ1v) is 10.9. The first-order valence-electron chi connectivity index (χ1n) is 10.5. The number of halogens is 1. The number of methoxy groups -OCH3 is 1. The zero-order chi connectivity index (χ0) is 22.1. The molecule has 1 saturated heterocycles. The maximum atomic E-state index is 12.3. The van der Waals surface area contributed by atoms with Gasteiger partial charge in [0.1, 0.15) is 5.75 Å². The number of ether oxygens (including phenoxy) is 1. The molecule has 0 spiro atoms. The number of anilines is 2. The summed E-state index contributed by atoms with van der Waals surface area (Å²) < 4.78 is 5.30. The molecule has 3 rings (SSSR count). The molecule has 166 valence electrons. The number of hydrogen-bond acceptors (Lipinski definition) is 5. The van der Waals surface area contributed by atoms with E-state index in [0.717, 1.165) is 37.3 Å². The number of hydrogen-bond donors (Lipinski definition) is 3. The Hall–Kier alpha value is -2.77. The second kappa shape index (κ2) is 11.6. The molecule has 8 heteroatoms. The first kappa shape index (κ1) is 22.9. The van der Waals surface area contributed by atoms with E-state index < -0.39 is 0 Å². The quantitative estimate of drug-likeness (QED) is 0.552.